The first-order valence-corrected chi connectivity index (χ1v) is 9.50. The molecule has 0 aliphatic carbocycles. The van der Waals surface area contributed by atoms with Crippen molar-refractivity contribution in [3.05, 3.63) is 42.1 Å². The largest absolute Gasteiger partial charge is 0.480 e. The monoisotopic (exact) mass is 398 g/mol. The van der Waals surface area contributed by atoms with Gasteiger partial charge in [0.25, 0.3) is 0 Å². The smallest absolute Gasteiger partial charge is 0.411 e. The van der Waals surface area contributed by atoms with Crippen molar-refractivity contribution in [1.82, 2.24) is 9.88 Å². The lowest BCUT2D eigenvalue weighted by atomic mass is 10.0. The van der Waals surface area contributed by atoms with Crippen molar-refractivity contribution in [2.45, 2.75) is 51.9 Å². The van der Waals surface area contributed by atoms with Gasteiger partial charge in [0.15, 0.2) is 0 Å². The summed E-state index contributed by atoms with van der Waals surface area (Å²) in [5.74, 6) is -0.678. The first-order chi connectivity index (χ1) is 13.6. The van der Waals surface area contributed by atoms with Crippen LogP contribution in [0.4, 0.5) is 4.79 Å². The molecular weight excluding hydrogens is 372 g/mol. The van der Waals surface area contributed by atoms with Crippen LogP contribution >= 0.6 is 0 Å². The highest BCUT2D eigenvalue weighted by Gasteiger charge is 2.43. The Morgan fingerprint density at radius 3 is 2.69 bits per heavy atom. The summed E-state index contributed by atoms with van der Waals surface area (Å²) in [4.78, 5) is 29.7. The van der Waals surface area contributed by atoms with E-state index in [0.717, 1.165) is 21.9 Å². The highest BCUT2D eigenvalue weighted by Crippen LogP contribution is 2.30. The number of carboxylic acid groups (broad SMARTS) is 1. The molecule has 1 N–H and O–H groups in total. The third kappa shape index (κ3) is 4.50. The highest BCUT2D eigenvalue weighted by atomic mass is 16.6. The van der Waals surface area contributed by atoms with E-state index in [1.54, 1.807) is 33.0 Å². The van der Waals surface area contributed by atoms with Gasteiger partial charge in [0.05, 0.1) is 6.54 Å². The lowest BCUT2D eigenvalue weighted by Gasteiger charge is -2.26. The minimum Gasteiger partial charge on any atom is -0.480 e. The Kier molecular flexibility index (Phi) is 5.50. The van der Waals surface area contributed by atoms with E-state index in [0.29, 0.717) is 5.88 Å². The Bertz CT molecular complexity index is 964. The van der Waals surface area contributed by atoms with Gasteiger partial charge in [0.2, 0.25) is 5.88 Å². The molecule has 0 radical (unpaired) electrons. The number of rotatable bonds is 4. The molecule has 1 aliphatic heterocycles. The van der Waals surface area contributed by atoms with Gasteiger partial charge in [0, 0.05) is 18.0 Å². The molecule has 0 bridgehead atoms. The summed E-state index contributed by atoms with van der Waals surface area (Å²) in [7, 11) is 0. The van der Waals surface area contributed by atoms with E-state index in [2.05, 4.69) is 11.6 Å². The number of hydrogen-bond acceptors (Lipinski definition) is 5. The van der Waals surface area contributed by atoms with Crippen LogP contribution in [0.25, 0.3) is 16.8 Å². The zero-order valence-electron chi connectivity index (χ0n) is 17.1. The number of ether oxygens (including phenoxy) is 2. The fourth-order valence-corrected chi connectivity index (χ4v) is 3.44. The van der Waals surface area contributed by atoms with Crippen molar-refractivity contribution >= 4 is 28.9 Å². The summed E-state index contributed by atoms with van der Waals surface area (Å²) < 4.78 is 11.4. The molecule has 29 heavy (non-hydrogen) atoms. The Balaban J connectivity index is 1.86. The van der Waals surface area contributed by atoms with E-state index in [9.17, 15) is 14.7 Å². The standard InChI is InChI=1S/C22H26N2O5/c1-6-14-10-17-15(9-13(14)2)7-8-23-19(17)28-16-11-18(20(25)26)24(12-16)21(27)29-22(3,4)5/h6-10,16,18H,1,11-12H2,2-5H3,(H,25,26)/t16-,18+/m1/s1. The van der Waals surface area contributed by atoms with Gasteiger partial charge in [-0.25, -0.2) is 14.6 Å². The number of amides is 1. The zero-order chi connectivity index (χ0) is 21.3. The number of carbonyl (C=O) groups is 2. The van der Waals surface area contributed by atoms with Crippen LogP contribution in [-0.4, -0.2) is 51.3 Å². The van der Waals surface area contributed by atoms with Gasteiger partial charge in [-0.1, -0.05) is 18.7 Å². The number of benzene rings is 1. The van der Waals surface area contributed by atoms with Crippen LogP contribution in [0.2, 0.25) is 0 Å². The van der Waals surface area contributed by atoms with E-state index < -0.39 is 29.8 Å². The van der Waals surface area contributed by atoms with Crippen LogP contribution < -0.4 is 4.74 Å². The Hall–Kier alpha value is -3.09. The lowest BCUT2D eigenvalue weighted by Crippen LogP contribution is -2.43. The van der Waals surface area contributed by atoms with Crippen LogP contribution in [0, 0.1) is 6.92 Å². The summed E-state index contributed by atoms with van der Waals surface area (Å²) in [5.41, 5.74) is 1.35. The molecular formula is C22H26N2O5. The quantitative estimate of drug-likeness (QED) is 0.836. The molecule has 1 saturated heterocycles. The van der Waals surface area contributed by atoms with Crippen molar-refractivity contribution in [3.8, 4) is 5.88 Å². The Labute approximate surface area is 169 Å². The van der Waals surface area contributed by atoms with Crippen molar-refractivity contribution in [2.24, 2.45) is 0 Å². The molecule has 1 aliphatic rings. The van der Waals surface area contributed by atoms with Crippen LogP contribution in [0.1, 0.15) is 38.3 Å². The number of fused-ring (bicyclic) bond motifs is 1. The van der Waals surface area contributed by atoms with E-state index in [1.165, 1.54) is 4.90 Å². The lowest BCUT2D eigenvalue weighted by molar-refractivity contribution is -0.142. The van der Waals surface area contributed by atoms with Crippen molar-refractivity contribution in [2.75, 3.05) is 6.54 Å². The maximum absolute atomic E-state index is 12.5. The molecule has 7 heteroatoms. The predicted molar refractivity (Wildman–Crippen MR) is 110 cm³/mol. The average molecular weight is 398 g/mol. The van der Waals surface area contributed by atoms with Crippen LogP contribution in [0.15, 0.2) is 31.0 Å². The number of nitrogens with zero attached hydrogens (tertiary/aromatic N) is 2. The predicted octanol–water partition coefficient (Wildman–Crippen LogP) is 4.03. The summed E-state index contributed by atoms with van der Waals surface area (Å²) in [6.07, 6.45) is 2.42. The van der Waals surface area contributed by atoms with Gasteiger partial charge >= 0.3 is 12.1 Å². The number of carbonyl (C=O) groups excluding carboxylic acids is 1. The maximum Gasteiger partial charge on any atom is 0.411 e. The van der Waals surface area contributed by atoms with Crippen LogP contribution in [0.3, 0.4) is 0 Å². The summed E-state index contributed by atoms with van der Waals surface area (Å²) in [6, 6.07) is 4.87. The SMILES string of the molecule is C=Cc1cc2c(O[C@@H]3C[C@@H](C(=O)O)N(C(=O)OC(C)(C)C)C3)nccc2cc1C. The minimum absolute atomic E-state index is 0.115. The van der Waals surface area contributed by atoms with Gasteiger partial charge < -0.3 is 14.6 Å². The third-order valence-electron chi connectivity index (χ3n) is 4.79. The first kappa shape index (κ1) is 20.6. The van der Waals surface area contributed by atoms with Gasteiger partial charge in [-0.3, -0.25) is 4.90 Å². The molecule has 0 spiro atoms. The average Bonchev–Trinajstić information content (AvgIpc) is 3.04. The van der Waals surface area contributed by atoms with Gasteiger partial charge in [0.1, 0.15) is 17.7 Å². The van der Waals surface area contributed by atoms with E-state index in [-0.39, 0.29) is 13.0 Å². The zero-order valence-corrected chi connectivity index (χ0v) is 17.1. The van der Waals surface area contributed by atoms with Gasteiger partial charge in [-0.15, -0.1) is 0 Å². The molecule has 2 aromatic rings. The minimum atomic E-state index is -1.09. The number of aliphatic carboxylic acids is 1. The first-order valence-electron chi connectivity index (χ1n) is 9.50. The Morgan fingerprint density at radius 2 is 2.07 bits per heavy atom. The number of carboxylic acids is 1. The second kappa shape index (κ2) is 7.73. The number of aryl methyl sites for hydroxylation is 1. The van der Waals surface area contributed by atoms with Gasteiger partial charge in [-0.2, -0.15) is 0 Å². The molecule has 1 fully saturated rings. The molecule has 1 amide bonds. The number of aromatic nitrogens is 1. The second-order valence-corrected chi connectivity index (χ2v) is 8.21. The maximum atomic E-state index is 12.5. The molecule has 3 rings (SSSR count). The molecule has 2 heterocycles. The van der Waals surface area contributed by atoms with E-state index in [4.69, 9.17) is 9.47 Å². The fourth-order valence-electron chi connectivity index (χ4n) is 3.44. The topological polar surface area (TPSA) is 89.0 Å². The van der Waals surface area contributed by atoms with E-state index >= 15 is 0 Å². The van der Waals surface area contributed by atoms with Gasteiger partial charge in [-0.05, 0) is 56.3 Å². The number of likely N-dealkylation sites (tertiary alicyclic amines) is 1. The van der Waals surface area contributed by atoms with E-state index in [1.807, 2.05) is 25.1 Å². The summed E-state index contributed by atoms with van der Waals surface area (Å²) >= 11 is 0. The summed E-state index contributed by atoms with van der Waals surface area (Å²) in [6.45, 7) is 11.2. The van der Waals surface area contributed by atoms with Crippen molar-refractivity contribution in [3.63, 3.8) is 0 Å². The van der Waals surface area contributed by atoms with Crippen LogP contribution in [-0.2, 0) is 9.53 Å². The normalized spacial score (nSPS) is 19.2. The molecule has 0 unspecified atom stereocenters. The third-order valence-corrected chi connectivity index (χ3v) is 4.79. The number of pyridine rings is 1. The summed E-state index contributed by atoms with van der Waals surface area (Å²) in [5, 5.41) is 11.3. The van der Waals surface area contributed by atoms with Crippen molar-refractivity contribution in [1.29, 1.82) is 0 Å². The molecule has 0 saturated carbocycles. The molecule has 154 valence electrons. The Morgan fingerprint density at radius 1 is 1.34 bits per heavy atom. The van der Waals surface area contributed by atoms with Crippen molar-refractivity contribution < 1.29 is 24.2 Å². The number of hydrogen-bond donors (Lipinski definition) is 1. The highest BCUT2D eigenvalue weighted by molar-refractivity contribution is 5.89. The molecule has 2 atom stereocenters. The second-order valence-electron chi connectivity index (χ2n) is 8.21. The molecule has 1 aromatic carbocycles. The molecule has 7 nitrogen and oxygen atoms in total. The van der Waals surface area contributed by atoms with Crippen LogP contribution in [0.5, 0.6) is 5.88 Å². The molecule has 1 aromatic heterocycles. The fraction of sp³-hybridized carbons (Fsp3) is 0.409.